The van der Waals surface area contributed by atoms with Gasteiger partial charge < -0.3 is 10.2 Å². The van der Waals surface area contributed by atoms with Gasteiger partial charge in [0.15, 0.2) is 0 Å². The maximum absolute atomic E-state index is 12.5. The van der Waals surface area contributed by atoms with E-state index in [0.29, 0.717) is 5.92 Å². The Bertz CT molecular complexity index is 402. The highest BCUT2D eigenvalue weighted by atomic mass is 32.1. The number of hydrogen-bond acceptors (Lipinski definition) is 3. The maximum atomic E-state index is 12.5. The molecule has 0 aromatic carbocycles. The van der Waals surface area contributed by atoms with Crippen molar-refractivity contribution in [1.82, 2.24) is 10.2 Å². The van der Waals surface area contributed by atoms with E-state index in [-0.39, 0.29) is 18.0 Å². The summed E-state index contributed by atoms with van der Waals surface area (Å²) in [6.45, 7) is 8.33. The largest absolute Gasteiger partial charge is 0.333 e. The van der Waals surface area contributed by atoms with E-state index in [0.717, 1.165) is 25.9 Å². The molecule has 1 amide bonds. The van der Waals surface area contributed by atoms with Crippen molar-refractivity contribution in [1.29, 1.82) is 0 Å². The van der Waals surface area contributed by atoms with Crippen LogP contribution < -0.4 is 5.32 Å². The molecule has 19 heavy (non-hydrogen) atoms. The van der Waals surface area contributed by atoms with Gasteiger partial charge in [-0.05, 0) is 36.8 Å². The van der Waals surface area contributed by atoms with Crippen LogP contribution in [0.4, 0.5) is 0 Å². The number of amides is 1. The van der Waals surface area contributed by atoms with Crippen LogP contribution in [0.3, 0.4) is 0 Å². The van der Waals surface area contributed by atoms with E-state index >= 15 is 0 Å². The molecule has 2 heterocycles. The number of hydrogen-bond donors (Lipinski definition) is 1. The van der Waals surface area contributed by atoms with Gasteiger partial charge in [-0.15, -0.1) is 11.3 Å². The van der Waals surface area contributed by atoms with E-state index in [1.807, 2.05) is 0 Å². The Balaban J connectivity index is 2.10. The lowest BCUT2D eigenvalue weighted by atomic mass is 10.0. The van der Waals surface area contributed by atoms with Crippen LogP contribution in [-0.2, 0) is 4.79 Å². The second-order valence-corrected chi connectivity index (χ2v) is 6.51. The number of carbonyl (C=O) groups is 1. The molecule has 106 valence electrons. The van der Waals surface area contributed by atoms with Crippen LogP contribution in [0.15, 0.2) is 17.5 Å². The predicted octanol–water partition coefficient (Wildman–Crippen LogP) is 3.05. The minimum Gasteiger partial charge on any atom is -0.333 e. The molecule has 2 rings (SSSR count). The molecule has 4 heteroatoms. The van der Waals surface area contributed by atoms with Crippen LogP contribution in [0.1, 0.15) is 44.5 Å². The summed E-state index contributed by atoms with van der Waals surface area (Å²) < 4.78 is 0. The number of carbonyl (C=O) groups excluding carboxylic acids is 1. The fraction of sp³-hybridized carbons (Fsp3) is 0.667. The molecule has 0 spiro atoms. The van der Waals surface area contributed by atoms with E-state index in [2.05, 4.69) is 48.5 Å². The number of likely N-dealkylation sites (tertiary alicyclic amines) is 1. The maximum Gasteiger partial charge on any atom is 0.240 e. The minimum absolute atomic E-state index is 0.0289. The lowest BCUT2D eigenvalue weighted by Crippen LogP contribution is -2.41. The van der Waals surface area contributed by atoms with Crippen molar-refractivity contribution in [3.05, 3.63) is 22.4 Å². The Morgan fingerprint density at radius 2 is 2.32 bits per heavy atom. The fourth-order valence-corrected chi connectivity index (χ4v) is 3.80. The monoisotopic (exact) mass is 280 g/mol. The minimum atomic E-state index is 0.0289. The highest BCUT2D eigenvalue weighted by molar-refractivity contribution is 7.10. The zero-order valence-electron chi connectivity index (χ0n) is 12.1. The van der Waals surface area contributed by atoms with Gasteiger partial charge in [-0.3, -0.25) is 4.79 Å². The average Bonchev–Trinajstić information content (AvgIpc) is 3.00. The van der Waals surface area contributed by atoms with Gasteiger partial charge in [0.05, 0.1) is 12.1 Å². The molecule has 0 radical (unpaired) electrons. The lowest BCUT2D eigenvalue weighted by molar-refractivity contribution is -0.132. The zero-order chi connectivity index (χ0) is 13.8. The SMILES string of the molecule is CCCNC1CCN(C(c2cccs2)C(C)C)C1=O. The summed E-state index contributed by atoms with van der Waals surface area (Å²) in [4.78, 5) is 15.9. The first kappa shape index (κ1) is 14.5. The molecular formula is C15H24N2OS. The Morgan fingerprint density at radius 3 is 2.89 bits per heavy atom. The standard InChI is InChI=1S/C15H24N2OS/c1-4-8-16-12-7-9-17(15(12)18)14(11(2)3)13-6-5-10-19-13/h5-6,10-12,14,16H,4,7-9H2,1-3H3. The highest BCUT2D eigenvalue weighted by Crippen LogP contribution is 2.34. The van der Waals surface area contributed by atoms with Crippen LogP contribution >= 0.6 is 11.3 Å². The van der Waals surface area contributed by atoms with Gasteiger partial charge in [-0.1, -0.05) is 26.8 Å². The number of nitrogens with zero attached hydrogens (tertiary/aromatic N) is 1. The number of rotatable bonds is 6. The molecule has 1 aromatic heterocycles. The van der Waals surface area contributed by atoms with Gasteiger partial charge in [0.2, 0.25) is 5.91 Å². The summed E-state index contributed by atoms with van der Waals surface area (Å²) in [5, 5.41) is 5.46. The third kappa shape index (κ3) is 3.18. The molecule has 0 saturated carbocycles. The second kappa shape index (κ2) is 6.53. The van der Waals surface area contributed by atoms with Crippen molar-refractivity contribution in [3.8, 4) is 0 Å². The van der Waals surface area contributed by atoms with Crippen molar-refractivity contribution in [3.63, 3.8) is 0 Å². The van der Waals surface area contributed by atoms with Gasteiger partial charge in [-0.2, -0.15) is 0 Å². The van der Waals surface area contributed by atoms with E-state index in [4.69, 9.17) is 0 Å². The molecule has 2 atom stereocenters. The van der Waals surface area contributed by atoms with E-state index in [1.54, 1.807) is 11.3 Å². The molecule has 1 aliphatic rings. The Labute approximate surface area is 120 Å². The first-order chi connectivity index (χ1) is 9.15. The number of nitrogens with one attached hydrogen (secondary N) is 1. The number of thiophene rings is 1. The van der Waals surface area contributed by atoms with E-state index < -0.39 is 0 Å². The molecule has 1 N–H and O–H groups in total. The Morgan fingerprint density at radius 1 is 1.53 bits per heavy atom. The first-order valence-electron chi connectivity index (χ1n) is 7.22. The Kier molecular flexibility index (Phi) is 4.99. The molecule has 1 fully saturated rings. The molecule has 1 aliphatic heterocycles. The molecule has 3 nitrogen and oxygen atoms in total. The summed E-state index contributed by atoms with van der Waals surface area (Å²) >= 11 is 1.75. The van der Waals surface area contributed by atoms with Gasteiger partial charge in [0.1, 0.15) is 0 Å². The summed E-state index contributed by atoms with van der Waals surface area (Å²) in [7, 11) is 0. The molecule has 0 aliphatic carbocycles. The highest BCUT2D eigenvalue weighted by Gasteiger charge is 2.37. The lowest BCUT2D eigenvalue weighted by Gasteiger charge is -2.30. The average molecular weight is 280 g/mol. The molecule has 1 aromatic rings. The van der Waals surface area contributed by atoms with Crippen molar-refractivity contribution in [2.24, 2.45) is 5.92 Å². The van der Waals surface area contributed by atoms with Crippen LogP contribution in [0, 0.1) is 5.92 Å². The van der Waals surface area contributed by atoms with Crippen molar-refractivity contribution < 1.29 is 4.79 Å². The summed E-state index contributed by atoms with van der Waals surface area (Å²) in [5.41, 5.74) is 0. The van der Waals surface area contributed by atoms with Gasteiger partial charge in [-0.25, -0.2) is 0 Å². The van der Waals surface area contributed by atoms with Crippen molar-refractivity contribution >= 4 is 17.2 Å². The second-order valence-electron chi connectivity index (χ2n) is 5.53. The summed E-state index contributed by atoms with van der Waals surface area (Å²) in [6, 6.07) is 4.49. The third-order valence-corrected chi connectivity index (χ3v) is 4.63. The summed E-state index contributed by atoms with van der Waals surface area (Å²) in [5.74, 6) is 0.730. The van der Waals surface area contributed by atoms with Crippen molar-refractivity contribution in [2.75, 3.05) is 13.1 Å². The first-order valence-corrected chi connectivity index (χ1v) is 8.10. The zero-order valence-corrected chi connectivity index (χ0v) is 12.9. The smallest absolute Gasteiger partial charge is 0.240 e. The third-order valence-electron chi connectivity index (χ3n) is 3.68. The van der Waals surface area contributed by atoms with Crippen LogP contribution in [0.2, 0.25) is 0 Å². The van der Waals surface area contributed by atoms with E-state index in [9.17, 15) is 4.79 Å². The van der Waals surface area contributed by atoms with Crippen LogP contribution in [-0.4, -0.2) is 29.9 Å². The molecule has 2 unspecified atom stereocenters. The van der Waals surface area contributed by atoms with Gasteiger partial charge in [0, 0.05) is 11.4 Å². The van der Waals surface area contributed by atoms with Gasteiger partial charge >= 0.3 is 0 Å². The molecular weight excluding hydrogens is 256 g/mol. The molecule has 0 bridgehead atoms. The summed E-state index contributed by atoms with van der Waals surface area (Å²) in [6.07, 6.45) is 2.01. The quantitative estimate of drug-likeness (QED) is 0.868. The predicted molar refractivity (Wildman–Crippen MR) is 80.3 cm³/mol. The Hall–Kier alpha value is -0.870. The fourth-order valence-electron chi connectivity index (χ4n) is 2.79. The molecule has 1 saturated heterocycles. The van der Waals surface area contributed by atoms with Crippen LogP contribution in [0.5, 0.6) is 0 Å². The van der Waals surface area contributed by atoms with E-state index in [1.165, 1.54) is 4.88 Å². The normalized spacial score (nSPS) is 21.4. The topological polar surface area (TPSA) is 32.3 Å². The van der Waals surface area contributed by atoms with Crippen LogP contribution in [0.25, 0.3) is 0 Å². The van der Waals surface area contributed by atoms with Crippen molar-refractivity contribution in [2.45, 2.75) is 45.7 Å². The van der Waals surface area contributed by atoms with Gasteiger partial charge in [0.25, 0.3) is 0 Å².